The standard InChI is InChI=1S/C13H13NO/c1-2-11-4-3-5-13(10-11)15-12-6-8-14-9-7-12/h3-10H,2H2,1H3. The molecule has 15 heavy (non-hydrogen) atoms. The Balaban J connectivity index is 2.17. The summed E-state index contributed by atoms with van der Waals surface area (Å²) in [5.74, 6) is 1.69. The minimum Gasteiger partial charge on any atom is -0.457 e. The van der Waals surface area contributed by atoms with E-state index in [-0.39, 0.29) is 0 Å². The number of nitrogens with zero attached hydrogens (tertiary/aromatic N) is 1. The third-order valence-electron chi connectivity index (χ3n) is 2.19. The molecule has 0 aliphatic carbocycles. The Morgan fingerprint density at radius 1 is 1.07 bits per heavy atom. The summed E-state index contributed by atoms with van der Waals surface area (Å²) in [7, 11) is 0. The number of pyridine rings is 1. The highest BCUT2D eigenvalue weighted by Gasteiger charge is 1.97. The number of benzene rings is 1. The van der Waals surface area contributed by atoms with Crippen LogP contribution < -0.4 is 4.74 Å². The zero-order chi connectivity index (χ0) is 10.5. The minimum atomic E-state index is 0.818. The van der Waals surface area contributed by atoms with E-state index in [0.29, 0.717) is 0 Å². The maximum atomic E-state index is 5.68. The van der Waals surface area contributed by atoms with E-state index in [9.17, 15) is 0 Å². The van der Waals surface area contributed by atoms with Gasteiger partial charge in [0.25, 0.3) is 0 Å². The van der Waals surface area contributed by atoms with Crippen molar-refractivity contribution in [3.8, 4) is 11.5 Å². The first-order valence-electron chi connectivity index (χ1n) is 5.05. The van der Waals surface area contributed by atoms with E-state index in [1.54, 1.807) is 12.4 Å². The predicted molar refractivity (Wildman–Crippen MR) is 60.1 cm³/mol. The Labute approximate surface area is 89.6 Å². The smallest absolute Gasteiger partial charge is 0.130 e. The lowest BCUT2D eigenvalue weighted by atomic mass is 10.2. The van der Waals surface area contributed by atoms with Crippen LogP contribution >= 0.6 is 0 Å². The largest absolute Gasteiger partial charge is 0.457 e. The van der Waals surface area contributed by atoms with Crippen molar-refractivity contribution in [1.82, 2.24) is 4.98 Å². The molecule has 0 N–H and O–H groups in total. The van der Waals surface area contributed by atoms with Crippen LogP contribution in [0.1, 0.15) is 12.5 Å². The van der Waals surface area contributed by atoms with Crippen LogP contribution in [0.4, 0.5) is 0 Å². The summed E-state index contributed by atoms with van der Waals surface area (Å²) in [6, 6.07) is 11.8. The summed E-state index contributed by atoms with van der Waals surface area (Å²) >= 11 is 0. The van der Waals surface area contributed by atoms with E-state index in [1.807, 2.05) is 24.3 Å². The van der Waals surface area contributed by atoms with Crippen LogP contribution in [0, 0.1) is 0 Å². The van der Waals surface area contributed by atoms with Crippen molar-refractivity contribution >= 4 is 0 Å². The lowest BCUT2D eigenvalue weighted by Crippen LogP contribution is -1.86. The third kappa shape index (κ3) is 2.56. The fourth-order valence-corrected chi connectivity index (χ4v) is 1.37. The van der Waals surface area contributed by atoms with Gasteiger partial charge in [0.1, 0.15) is 11.5 Å². The molecule has 2 aromatic rings. The summed E-state index contributed by atoms with van der Waals surface area (Å²) in [4.78, 5) is 3.94. The predicted octanol–water partition coefficient (Wildman–Crippen LogP) is 3.44. The highest BCUT2D eigenvalue weighted by molar-refractivity contribution is 5.32. The quantitative estimate of drug-likeness (QED) is 0.755. The second-order valence-corrected chi connectivity index (χ2v) is 3.29. The van der Waals surface area contributed by atoms with E-state index in [2.05, 4.69) is 24.0 Å². The van der Waals surface area contributed by atoms with Gasteiger partial charge in [-0.05, 0) is 36.2 Å². The fourth-order valence-electron chi connectivity index (χ4n) is 1.37. The van der Waals surface area contributed by atoms with Crippen LogP contribution in [0.25, 0.3) is 0 Å². The molecular formula is C13H13NO. The van der Waals surface area contributed by atoms with E-state index < -0.39 is 0 Å². The average molecular weight is 199 g/mol. The lowest BCUT2D eigenvalue weighted by Gasteiger charge is -2.06. The van der Waals surface area contributed by atoms with Gasteiger partial charge in [0, 0.05) is 12.4 Å². The Hall–Kier alpha value is -1.83. The molecular weight excluding hydrogens is 186 g/mol. The van der Waals surface area contributed by atoms with Gasteiger partial charge in [-0.2, -0.15) is 0 Å². The van der Waals surface area contributed by atoms with E-state index in [4.69, 9.17) is 4.74 Å². The van der Waals surface area contributed by atoms with Gasteiger partial charge in [-0.3, -0.25) is 4.98 Å². The Morgan fingerprint density at radius 2 is 1.87 bits per heavy atom. The van der Waals surface area contributed by atoms with Crippen LogP contribution in [-0.2, 0) is 6.42 Å². The molecule has 0 bridgehead atoms. The molecule has 0 fully saturated rings. The number of aryl methyl sites for hydroxylation is 1. The van der Waals surface area contributed by atoms with Crippen LogP contribution in [-0.4, -0.2) is 4.98 Å². The molecule has 0 unspecified atom stereocenters. The highest BCUT2D eigenvalue weighted by atomic mass is 16.5. The monoisotopic (exact) mass is 199 g/mol. The van der Waals surface area contributed by atoms with Gasteiger partial charge < -0.3 is 4.74 Å². The maximum Gasteiger partial charge on any atom is 0.130 e. The molecule has 76 valence electrons. The second kappa shape index (κ2) is 4.60. The van der Waals surface area contributed by atoms with Crippen LogP contribution in [0.2, 0.25) is 0 Å². The van der Waals surface area contributed by atoms with Crippen molar-refractivity contribution in [2.75, 3.05) is 0 Å². The van der Waals surface area contributed by atoms with E-state index in [1.165, 1.54) is 5.56 Å². The molecule has 2 nitrogen and oxygen atoms in total. The third-order valence-corrected chi connectivity index (χ3v) is 2.19. The molecule has 0 saturated carbocycles. The summed E-state index contributed by atoms with van der Waals surface area (Å²) in [6.45, 7) is 2.13. The molecule has 0 saturated heterocycles. The highest BCUT2D eigenvalue weighted by Crippen LogP contribution is 2.21. The number of aromatic nitrogens is 1. The molecule has 1 heterocycles. The Kier molecular flexibility index (Phi) is 2.98. The van der Waals surface area contributed by atoms with Crippen molar-refractivity contribution in [3.63, 3.8) is 0 Å². The second-order valence-electron chi connectivity index (χ2n) is 3.29. The van der Waals surface area contributed by atoms with Gasteiger partial charge in [-0.15, -0.1) is 0 Å². The Bertz CT molecular complexity index is 426. The topological polar surface area (TPSA) is 22.1 Å². The molecule has 1 aromatic carbocycles. The maximum absolute atomic E-state index is 5.68. The number of hydrogen-bond acceptors (Lipinski definition) is 2. The molecule has 2 heteroatoms. The van der Waals surface area contributed by atoms with Gasteiger partial charge >= 0.3 is 0 Å². The van der Waals surface area contributed by atoms with Crippen molar-refractivity contribution in [2.45, 2.75) is 13.3 Å². The first kappa shape index (κ1) is 9.71. The van der Waals surface area contributed by atoms with Crippen LogP contribution in [0.15, 0.2) is 48.8 Å². The van der Waals surface area contributed by atoms with Crippen molar-refractivity contribution in [3.05, 3.63) is 54.4 Å². The zero-order valence-electron chi connectivity index (χ0n) is 8.68. The fraction of sp³-hybridized carbons (Fsp3) is 0.154. The van der Waals surface area contributed by atoms with E-state index >= 15 is 0 Å². The SMILES string of the molecule is CCc1cccc(Oc2ccncc2)c1. The minimum absolute atomic E-state index is 0.818. The zero-order valence-corrected chi connectivity index (χ0v) is 8.68. The molecule has 0 amide bonds. The first-order chi connectivity index (χ1) is 7.38. The van der Waals surface area contributed by atoms with E-state index in [0.717, 1.165) is 17.9 Å². The van der Waals surface area contributed by atoms with Crippen LogP contribution in [0.5, 0.6) is 11.5 Å². The van der Waals surface area contributed by atoms with Gasteiger partial charge in [-0.25, -0.2) is 0 Å². The van der Waals surface area contributed by atoms with Gasteiger partial charge in [0.2, 0.25) is 0 Å². The van der Waals surface area contributed by atoms with Gasteiger partial charge in [0.15, 0.2) is 0 Å². The summed E-state index contributed by atoms with van der Waals surface area (Å²) in [5, 5.41) is 0. The van der Waals surface area contributed by atoms with Crippen molar-refractivity contribution in [2.24, 2.45) is 0 Å². The Morgan fingerprint density at radius 3 is 2.60 bits per heavy atom. The molecule has 0 spiro atoms. The van der Waals surface area contributed by atoms with Crippen molar-refractivity contribution < 1.29 is 4.74 Å². The first-order valence-corrected chi connectivity index (χ1v) is 5.05. The summed E-state index contributed by atoms with van der Waals surface area (Å²) in [6.07, 6.45) is 4.46. The number of ether oxygens (including phenoxy) is 1. The lowest BCUT2D eigenvalue weighted by molar-refractivity contribution is 0.481. The molecule has 1 aromatic heterocycles. The average Bonchev–Trinajstić information content (AvgIpc) is 2.31. The summed E-state index contributed by atoms with van der Waals surface area (Å²) in [5.41, 5.74) is 1.28. The number of hydrogen-bond donors (Lipinski definition) is 0. The number of rotatable bonds is 3. The van der Waals surface area contributed by atoms with Crippen LogP contribution in [0.3, 0.4) is 0 Å². The van der Waals surface area contributed by atoms with Crippen molar-refractivity contribution in [1.29, 1.82) is 0 Å². The molecule has 0 aliphatic rings. The molecule has 0 atom stereocenters. The van der Waals surface area contributed by atoms with Gasteiger partial charge in [-0.1, -0.05) is 19.1 Å². The molecule has 0 radical (unpaired) electrons. The molecule has 2 rings (SSSR count). The summed E-state index contributed by atoms with van der Waals surface area (Å²) < 4.78 is 5.68. The molecule has 0 aliphatic heterocycles. The normalized spacial score (nSPS) is 9.93. The van der Waals surface area contributed by atoms with Gasteiger partial charge in [0.05, 0.1) is 0 Å².